The van der Waals surface area contributed by atoms with E-state index >= 15 is 0 Å². The molecule has 1 aromatic carbocycles. The molecule has 0 aliphatic heterocycles. The number of halogens is 2. The third kappa shape index (κ3) is 2.01. The summed E-state index contributed by atoms with van der Waals surface area (Å²) in [5.41, 5.74) is 1.85. The SMILES string of the molecule is Cc1cc(C(Cl)C2C3CC4CC(C3)CC2C4)ccc1F. The van der Waals surface area contributed by atoms with Crippen molar-refractivity contribution in [1.82, 2.24) is 0 Å². The standard InChI is InChI=1S/C18H22ClF/c1-10-4-13(2-3-16(10)20)18(19)17-14-6-11-5-12(8-14)9-15(17)7-11/h2-4,11-12,14-15,17-18H,5-9H2,1H3. The summed E-state index contributed by atoms with van der Waals surface area (Å²) < 4.78 is 13.4. The molecule has 4 aliphatic rings. The Balaban J connectivity index is 1.62. The van der Waals surface area contributed by atoms with E-state index in [9.17, 15) is 4.39 Å². The molecular weight excluding hydrogens is 271 g/mol. The highest BCUT2D eigenvalue weighted by Crippen LogP contribution is 2.60. The van der Waals surface area contributed by atoms with Gasteiger partial charge in [0.05, 0.1) is 5.38 Å². The zero-order valence-corrected chi connectivity index (χ0v) is 12.7. The average Bonchev–Trinajstić information content (AvgIpc) is 2.40. The summed E-state index contributed by atoms with van der Waals surface area (Å²) >= 11 is 6.85. The third-order valence-corrected chi connectivity index (χ3v) is 6.68. The average molecular weight is 293 g/mol. The second kappa shape index (κ2) is 4.73. The molecule has 0 N–H and O–H groups in total. The van der Waals surface area contributed by atoms with Gasteiger partial charge in [-0.05, 0) is 85.8 Å². The summed E-state index contributed by atoms with van der Waals surface area (Å²) in [7, 11) is 0. The molecule has 1 atom stereocenters. The first-order chi connectivity index (χ1) is 9.61. The molecule has 4 bridgehead atoms. The van der Waals surface area contributed by atoms with Crippen molar-refractivity contribution >= 4 is 11.6 Å². The van der Waals surface area contributed by atoms with Crippen molar-refractivity contribution in [2.75, 3.05) is 0 Å². The van der Waals surface area contributed by atoms with Gasteiger partial charge in [-0.25, -0.2) is 4.39 Å². The van der Waals surface area contributed by atoms with Gasteiger partial charge in [0.15, 0.2) is 0 Å². The van der Waals surface area contributed by atoms with Crippen molar-refractivity contribution in [2.45, 2.75) is 44.4 Å². The van der Waals surface area contributed by atoms with E-state index < -0.39 is 0 Å². The predicted octanol–water partition coefficient (Wildman–Crippen LogP) is 5.49. The van der Waals surface area contributed by atoms with Crippen LogP contribution in [0.25, 0.3) is 0 Å². The smallest absolute Gasteiger partial charge is 0.126 e. The lowest BCUT2D eigenvalue weighted by atomic mass is 9.51. The number of aryl methyl sites for hydroxylation is 1. The Morgan fingerprint density at radius 3 is 2.20 bits per heavy atom. The van der Waals surface area contributed by atoms with Gasteiger partial charge in [-0.1, -0.05) is 12.1 Å². The molecule has 4 fully saturated rings. The van der Waals surface area contributed by atoms with Crippen LogP contribution in [0, 0.1) is 42.3 Å². The van der Waals surface area contributed by atoms with Gasteiger partial charge in [0.25, 0.3) is 0 Å². The van der Waals surface area contributed by atoms with Crippen LogP contribution in [0.4, 0.5) is 4.39 Å². The first-order valence-electron chi connectivity index (χ1n) is 8.02. The Morgan fingerprint density at radius 1 is 1.05 bits per heavy atom. The topological polar surface area (TPSA) is 0 Å². The van der Waals surface area contributed by atoms with Crippen LogP contribution in [0.3, 0.4) is 0 Å². The van der Waals surface area contributed by atoms with Gasteiger partial charge in [-0.3, -0.25) is 0 Å². The van der Waals surface area contributed by atoms with Gasteiger partial charge < -0.3 is 0 Å². The molecule has 4 aliphatic carbocycles. The maximum absolute atomic E-state index is 13.4. The van der Waals surface area contributed by atoms with Gasteiger partial charge in [-0.15, -0.1) is 11.6 Å². The number of hydrogen-bond donors (Lipinski definition) is 0. The summed E-state index contributed by atoms with van der Waals surface area (Å²) in [5.74, 6) is 4.09. The van der Waals surface area contributed by atoms with Gasteiger partial charge in [0.2, 0.25) is 0 Å². The van der Waals surface area contributed by atoms with E-state index in [1.54, 1.807) is 6.07 Å². The van der Waals surface area contributed by atoms with Crippen molar-refractivity contribution in [1.29, 1.82) is 0 Å². The zero-order chi connectivity index (χ0) is 13.9. The van der Waals surface area contributed by atoms with Crippen molar-refractivity contribution in [2.24, 2.45) is 29.6 Å². The Labute approximate surface area is 125 Å². The van der Waals surface area contributed by atoms with Crippen LogP contribution in [-0.4, -0.2) is 0 Å². The van der Waals surface area contributed by atoms with Gasteiger partial charge in [0, 0.05) is 0 Å². The minimum Gasteiger partial charge on any atom is -0.207 e. The van der Waals surface area contributed by atoms with Crippen LogP contribution < -0.4 is 0 Å². The fourth-order valence-electron chi connectivity index (χ4n) is 5.51. The van der Waals surface area contributed by atoms with Gasteiger partial charge >= 0.3 is 0 Å². The summed E-state index contributed by atoms with van der Waals surface area (Å²) in [6.07, 6.45) is 7.03. The fraction of sp³-hybridized carbons (Fsp3) is 0.667. The molecule has 0 heterocycles. The number of hydrogen-bond acceptors (Lipinski definition) is 0. The van der Waals surface area contributed by atoms with Crippen LogP contribution in [-0.2, 0) is 0 Å². The Kier molecular flexibility index (Phi) is 3.10. The van der Waals surface area contributed by atoms with E-state index in [2.05, 4.69) is 0 Å². The molecule has 0 amide bonds. The van der Waals surface area contributed by atoms with E-state index in [1.165, 1.54) is 32.1 Å². The van der Waals surface area contributed by atoms with E-state index in [-0.39, 0.29) is 11.2 Å². The molecule has 0 saturated heterocycles. The molecule has 1 aromatic rings. The molecule has 0 radical (unpaired) electrons. The van der Waals surface area contributed by atoms with Crippen LogP contribution in [0.1, 0.15) is 48.6 Å². The second-order valence-corrected chi connectivity index (χ2v) is 7.89. The maximum atomic E-state index is 13.4. The largest absolute Gasteiger partial charge is 0.207 e. The first kappa shape index (κ1) is 13.1. The Bertz CT molecular complexity index is 496. The minimum absolute atomic E-state index is 0.0734. The summed E-state index contributed by atoms with van der Waals surface area (Å²) in [5, 5.41) is 0.0734. The van der Waals surface area contributed by atoms with E-state index in [1.807, 2.05) is 19.1 Å². The Morgan fingerprint density at radius 2 is 1.65 bits per heavy atom. The quantitative estimate of drug-likeness (QED) is 0.633. The monoisotopic (exact) mass is 292 g/mol. The number of benzene rings is 1. The molecule has 0 spiro atoms. The summed E-state index contributed by atoms with van der Waals surface area (Å²) in [6.45, 7) is 1.83. The molecule has 108 valence electrons. The van der Waals surface area contributed by atoms with E-state index in [4.69, 9.17) is 11.6 Å². The van der Waals surface area contributed by atoms with E-state index in [0.29, 0.717) is 5.92 Å². The van der Waals surface area contributed by atoms with Gasteiger partial charge in [0.1, 0.15) is 5.82 Å². The van der Waals surface area contributed by atoms with Crippen LogP contribution in [0.2, 0.25) is 0 Å². The predicted molar refractivity (Wildman–Crippen MR) is 80.3 cm³/mol. The Hall–Kier alpha value is -0.560. The molecule has 2 heteroatoms. The van der Waals surface area contributed by atoms with Gasteiger partial charge in [-0.2, -0.15) is 0 Å². The lowest BCUT2D eigenvalue weighted by molar-refractivity contribution is -0.0381. The first-order valence-corrected chi connectivity index (χ1v) is 8.45. The maximum Gasteiger partial charge on any atom is 0.126 e. The van der Waals surface area contributed by atoms with Crippen molar-refractivity contribution in [3.63, 3.8) is 0 Å². The van der Waals surface area contributed by atoms with Crippen LogP contribution >= 0.6 is 11.6 Å². The highest BCUT2D eigenvalue weighted by molar-refractivity contribution is 6.21. The third-order valence-electron chi connectivity index (χ3n) is 6.14. The van der Waals surface area contributed by atoms with Crippen LogP contribution in [0.5, 0.6) is 0 Å². The second-order valence-electron chi connectivity index (χ2n) is 7.42. The molecule has 5 rings (SSSR count). The molecule has 0 aromatic heterocycles. The summed E-state index contributed by atoms with van der Waals surface area (Å²) in [4.78, 5) is 0. The molecule has 1 unspecified atom stereocenters. The normalized spacial score (nSPS) is 40.0. The lowest BCUT2D eigenvalue weighted by Crippen LogP contribution is -2.46. The lowest BCUT2D eigenvalue weighted by Gasteiger charge is -2.55. The zero-order valence-electron chi connectivity index (χ0n) is 12.0. The molecule has 0 nitrogen and oxygen atoms in total. The molecule has 4 saturated carbocycles. The number of rotatable bonds is 2. The highest BCUT2D eigenvalue weighted by atomic mass is 35.5. The molecular formula is C18H22ClF. The number of alkyl halides is 1. The van der Waals surface area contributed by atoms with Crippen LogP contribution in [0.15, 0.2) is 18.2 Å². The highest BCUT2D eigenvalue weighted by Gasteiger charge is 2.50. The van der Waals surface area contributed by atoms with Crippen molar-refractivity contribution < 1.29 is 4.39 Å². The minimum atomic E-state index is -0.123. The van der Waals surface area contributed by atoms with Crippen molar-refractivity contribution in [3.05, 3.63) is 35.1 Å². The fourth-order valence-corrected chi connectivity index (χ4v) is 6.05. The summed E-state index contributed by atoms with van der Waals surface area (Å²) in [6, 6.07) is 5.43. The molecule has 20 heavy (non-hydrogen) atoms. The van der Waals surface area contributed by atoms with E-state index in [0.717, 1.165) is 34.8 Å². The van der Waals surface area contributed by atoms with Crippen molar-refractivity contribution in [3.8, 4) is 0 Å².